The minimum absolute atomic E-state index is 0.386. The molecule has 0 saturated heterocycles. The normalized spacial score (nSPS) is 10.8. The van der Waals surface area contributed by atoms with Gasteiger partial charge < -0.3 is 14.5 Å². The zero-order valence-corrected chi connectivity index (χ0v) is 11.3. The minimum atomic E-state index is 0.386. The second kappa shape index (κ2) is 5.75. The van der Waals surface area contributed by atoms with E-state index in [1.807, 2.05) is 43.4 Å². The Hall–Kier alpha value is -2.33. The molecule has 0 aliphatic rings. The summed E-state index contributed by atoms with van der Waals surface area (Å²) in [6.45, 7) is 1.16. The number of rotatable bonds is 5. The number of pyridine rings is 1. The van der Waals surface area contributed by atoms with Gasteiger partial charge in [0.05, 0.1) is 11.8 Å². The van der Waals surface area contributed by atoms with Crippen LogP contribution in [0.5, 0.6) is 5.88 Å². The maximum Gasteiger partial charge on any atom is 0.214 e. The van der Waals surface area contributed by atoms with Gasteiger partial charge in [-0.05, 0) is 30.8 Å². The van der Waals surface area contributed by atoms with Crippen LogP contribution in [0.4, 0.5) is 0 Å². The molecule has 4 nitrogen and oxygen atoms in total. The molecule has 2 aromatic heterocycles. The number of benzene rings is 1. The number of nitrogens with one attached hydrogen (secondary N) is 1. The molecule has 0 spiro atoms. The first kappa shape index (κ1) is 12.7. The van der Waals surface area contributed by atoms with Crippen molar-refractivity contribution in [3.63, 3.8) is 0 Å². The van der Waals surface area contributed by atoms with E-state index in [2.05, 4.69) is 16.4 Å². The van der Waals surface area contributed by atoms with Crippen molar-refractivity contribution >= 4 is 10.9 Å². The molecule has 0 aliphatic carbocycles. The van der Waals surface area contributed by atoms with E-state index in [9.17, 15) is 0 Å². The first-order valence-corrected chi connectivity index (χ1v) is 6.55. The van der Waals surface area contributed by atoms with Gasteiger partial charge in [0.25, 0.3) is 0 Å². The number of hydrogen-bond donors (Lipinski definition) is 1. The van der Waals surface area contributed by atoms with Crippen molar-refractivity contribution in [2.45, 2.75) is 13.2 Å². The van der Waals surface area contributed by atoms with Crippen LogP contribution in [0.15, 0.2) is 53.1 Å². The van der Waals surface area contributed by atoms with Gasteiger partial charge in [0.15, 0.2) is 0 Å². The number of hydrogen-bond acceptors (Lipinski definition) is 4. The van der Waals surface area contributed by atoms with Crippen LogP contribution in [0.2, 0.25) is 0 Å². The smallest absolute Gasteiger partial charge is 0.214 e. The van der Waals surface area contributed by atoms with Gasteiger partial charge in [-0.3, -0.25) is 0 Å². The molecule has 2 heterocycles. The highest BCUT2D eigenvalue weighted by Gasteiger charge is 2.06. The van der Waals surface area contributed by atoms with Crippen LogP contribution in [0.1, 0.15) is 11.3 Å². The Morgan fingerprint density at radius 2 is 2.10 bits per heavy atom. The summed E-state index contributed by atoms with van der Waals surface area (Å²) in [6, 6.07) is 13.8. The Morgan fingerprint density at radius 3 is 2.90 bits per heavy atom. The number of ether oxygens (including phenoxy) is 1. The Morgan fingerprint density at radius 1 is 1.20 bits per heavy atom. The molecule has 0 saturated carbocycles. The number of nitrogens with zero attached hydrogens (tertiary/aromatic N) is 1. The van der Waals surface area contributed by atoms with E-state index in [-0.39, 0.29) is 0 Å². The molecule has 3 aromatic rings. The van der Waals surface area contributed by atoms with Gasteiger partial charge in [-0.1, -0.05) is 18.2 Å². The van der Waals surface area contributed by atoms with Crippen LogP contribution in [0.25, 0.3) is 10.9 Å². The fourth-order valence-corrected chi connectivity index (χ4v) is 2.17. The Labute approximate surface area is 117 Å². The van der Waals surface area contributed by atoms with Crippen molar-refractivity contribution in [2.24, 2.45) is 0 Å². The van der Waals surface area contributed by atoms with Crippen LogP contribution < -0.4 is 10.1 Å². The minimum Gasteiger partial charge on any atom is -0.469 e. The van der Waals surface area contributed by atoms with Crippen LogP contribution in [0.3, 0.4) is 0 Å². The van der Waals surface area contributed by atoms with Gasteiger partial charge in [-0.25, -0.2) is 4.98 Å². The van der Waals surface area contributed by atoms with Crippen molar-refractivity contribution in [3.05, 3.63) is 60.1 Å². The SMILES string of the molecule is CNCc1cc(OCc2ccco2)nc2ccccc12. The van der Waals surface area contributed by atoms with Crippen molar-refractivity contribution in [1.29, 1.82) is 0 Å². The lowest BCUT2D eigenvalue weighted by atomic mass is 10.1. The van der Waals surface area contributed by atoms with E-state index in [4.69, 9.17) is 9.15 Å². The maximum absolute atomic E-state index is 5.71. The fourth-order valence-electron chi connectivity index (χ4n) is 2.17. The lowest BCUT2D eigenvalue weighted by molar-refractivity contribution is 0.261. The Balaban J connectivity index is 1.90. The molecule has 3 rings (SSSR count). The lowest BCUT2D eigenvalue weighted by Crippen LogP contribution is -2.07. The predicted octanol–water partition coefficient (Wildman–Crippen LogP) is 3.13. The van der Waals surface area contributed by atoms with Gasteiger partial charge in [-0.2, -0.15) is 0 Å². The number of aromatic nitrogens is 1. The van der Waals surface area contributed by atoms with E-state index >= 15 is 0 Å². The van der Waals surface area contributed by atoms with Gasteiger partial charge in [0, 0.05) is 18.0 Å². The molecule has 0 bridgehead atoms. The molecule has 0 radical (unpaired) electrons. The molecule has 0 atom stereocenters. The Bertz CT molecular complexity index is 693. The molecule has 0 amide bonds. The highest BCUT2D eigenvalue weighted by Crippen LogP contribution is 2.22. The molecular weight excluding hydrogens is 252 g/mol. The molecule has 0 unspecified atom stereocenters. The second-order valence-electron chi connectivity index (χ2n) is 4.54. The molecular formula is C16H16N2O2. The molecule has 4 heteroatoms. The molecule has 20 heavy (non-hydrogen) atoms. The summed E-state index contributed by atoms with van der Waals surface area (Å²) in [5.41, 5.74) is 2.11. The zero-order chi connectivity index (χ0) is 13.8. The first-order valence-electron chi connectivity index (χ1n) is 6.55. The van der Waals surface area contributed by atoms with E-state index in [1.165, 1.54) is 5.56 Å². The lowest BCUT2D eigenvalue weighted by Gasteiger charge is -2.09. The van der Waals surface area contributed by atoms with E-state index in [1.54, 1.807) is 6.26 Å². The third kappa shape index (κ3) is 2.65. The molecule has 102 valence electrons. The van der Waals surface area contributed by atoms with E-state index in [0.29, 0.717) is 12.5 Å². The van der Waals surface area contributed by atoms with E-state index in [0.717, 1.165) is 23.2 Å². The number of fused-ring (bicyclic) bond motifs is 1. The highest BCUT2D eigenvalue weighted by molar-refractivity contribution is 5.82. The van der Waals surface area contributed by atoms with Crippen LogP contribution >= 0.6 is 0 Å². The average Bonchev–Trinajstić information content (AvgIpc) is 2.99. The van der Waals surface area contributed by atoms with Crippen molar-refractivity contribution in [3.8, 4) is 5.88 Å². The number of para-hydroxylation sites is 1. The van der Waals surface area contributed by atoms with Crippen molar-refractivity contribution < 1.29 is 9.15 Å². The quantitative estimate of drug-likeness (QED) is 0.772. The summed E-state index contributed by atoms with van der Waals surface area (Å²) in [5.74, 6) is 1.40. The van der Waals surface area contributed by atoms with Crippen molar-refractivity contribution in [1.82, 2.24) is 10.3 Å². The summed E-state index contributed by atoms with van der Waals surface area (Å²) in [4.78, 5) is 4.53. The molecule has 1 N–H and O–H groups in total. The van der Waals surface area contributed by atoms with Gasteiger partial charge in [0.2, 0.25) is 5.88 Å². The summed E-state index contributed by atoms with van der Waals surface area (Å²) >= 11 is 0. The number of furan rings is 1. The largest absolute Gasteiger partial charge is 0.469 e. The second-order valence-corrected chi connectivity index (χ2v) is 4.54. The van der Waals surface area contributed by atoms with Gasteiger partial charge in [-0.15, -0.1) is 0 Å². The summed E-state index contributed by atoms with van der Waals surface area (Å²) in [7, 11) is 1.93. The third-order valence-electron chi connectivity index (χ3n) is 3.09. The average molecular weight is 268 g/mol. The topological polar surface area (TPSA) is 47.3 Å². The standard InChI is InChI=1S/C16H16N2O2/c1-17-10-12-9-16(20-11-13-5-4-8-19-13)18-15-7-3-2-6-14(12)15/h2-9,17H,10-11H2,1H3. The summed E-state index contributed by atoms with van der Waals surface area (Å²) < 4.78 is 11.0. The monoisotopic (exact) mass is 268 g/mol. The summed E-state index contributed by atoms with van der Waals surface area (Å²) in [5, 5.41) is 4.32. The zero-order valence-electron chi connectivity index (χ0n) is 11.3. The van der Waals surface area contributed by atoms with Crippen LogP contribution in [-0.4, -0.2) is 12.0 Å². The van der Waals surface area contributed by atoms with Gasteiger partial charge in [0.1, 0.15) is 12.4 Å². The summed E-state index contributed by atoms with van der Waals surface area (Å²) in [6.07, 6.45) is 1.64. The Kier molecular flexibility index (Phi) is 3.65. The fraction of sp³-hybridized carbons (Fsp3) is 0.188. The maximum atomic E-state index is 5.71. The van der Waals surface area contributed by atoms with Crippen molar-refractivity contribution in [2.75, 3.05) is 7.05 Å². The third-order valence-corrected chi connectivity index (χ3v) is 3.09. The van der Waals surface area contributed by atoms with E-state index < -0.39 is 0 Å². The predicted molar refractivity (Wildman–Crippen MR) is 77.5 cm³/mol. The molecule has 0 fully saturated rings. The highest BCUT2D eigenvalue weighted by atomic mass is 16.5. The molecule has 0 aliphatic heterocycles. The van der Waals surface area contributed by atoms with Gasteiger partial charge >= 0.3 is 0 Å². The van der Waals surface area contributed by atoms with Crippen LogP contribution in [0, 0.1) is 0 Å². The first-order chi connectivity index (χ1) is 9.86. The molecule has 1 aromatic carbocycles. The van der Waals surface area contributed by atoms with Crippen LogP contribution in [-0.2, 0) is 13.2 Å².